The second-order valence-electron chi connectivity index (χ2n) is 8.90. The van der Waals surface area contributed by atoms with E-state index in [2.05, 4.69) is 20.5 Å². The van der Waals surface area contributed by atoms with Gasteiger partial charge in [0.25, 0.3) is 20.2 Å². The van der Waals surface area contributed by atoms with Crippen molar-refractivity contribution >= 4 is 70.2 Å². The standard InChI is InChI=1S/C27H21N5O6S2/c1-16-12-19(28)4-9-25(16)30-32-27-11-10-26(23-8-7-22(15-24(23)27)40(36,37)38)31-29-20-5-2-18-14-21(39(33,34)35)6-3-17(18)13-20/h2-15H,28H2,1H3,(H,33,34,35)(H,36,37,38). The lowest BCUT2D eigenvalue weighted by molar-refractivity contribution is 0.481. The molecule has 0 atom stereocenters. The molecule has 0 aromatic heterocycles. The lowest BCUT2D eigenvalue weighted by Gasteiger charge is -2.07. The Bertz CT molecular complexity index is 2090. The van der Waals surface area contributed by atoms with E-state index in [1.54, 1.807) is 54.6 Å². The first kappa shape index (κ1) is 27.0. The van der Waals surface area contributed by atoms with Crippen molar-refractivity contribution in [2.24, 2.45) is 20.5 Å². The third-order valence-electron chi connectivity index (χ3n) is 6.09. The van der Waals surface area contributed by atoms with E-state index in [0.717, 1.165) is 5.56 Å². The minimum Gasteiger partial charge on any atom is -0.399 e. The molecule has 0 saturated heterocycles. The van der Waals surface area contributed by atoms with E-state index < -0.39 is 20.2 Å². The van der Waals surface area contributed by atoms with Crippen LogP contribution in [0, 0.1) is 6.92 Å². The van der Waals surface area contributed by atoms with Crippen LogP contribution in [0.25, 0.3) is 21.5 Å². The van der Waals surface area contributed by atoms with Gasteiger partial charge in [-0.2, -0.15) is 27.1 Å². The number of nitrogens with zero attached hydrogens (tertiary/aromatic N) is 4. The van der Waals surface area contributed by atoms with Gasteiger partial charge in [0.2, 0.25) is 0 Å². The first-order chi connectivity index (χ1) is 18.9. The van der Waals surface area contributed by atoms with Crippen LogP contribution >= 0.6 is 0 Å². The molecule has 0 bridgehead atoms. The van der Waals surface area contributed by atoms with Gasteiger partial charge in [0.05, 0.1) is 32.5 Å². The summed E-state index contributed by atoms with van der Waals surface area (Å²) in [6.07, 6.45) is 0. The SMILES string of the molecule is Cc1cc(N)ccc1N=Nc1ccc(N=Nc2ccc3cc(S(=O)(=O)O)ccc3c2)c2ccc(S(=O)(=O)O)cc12. The first-order valence-electron chi connectivity index (χ1n) is 11.6. The Kier molecular flexibility index (Phi) is 6.89. The van der Waals surface area contributed by atoms with Crippen molar-refractivity contribution in [1.82, 2.24) is 0 Å². The highest BCUT2D eigenvalue weighted by molar-refractivity contribution is 7.86. The Hall–Kier alpha value is -4.56. The van der Waals surface area contributed by atoms with Crippen molar-refractivity contribution in [3.8, 4) is 0 Å². The van der Waals surface area contributed by atoms with Crippen LogP contribution in [0.15, 0.2) is 115 Å². The fraction of sp³-hybridized carbons (Fsp3) is 0.0370. The third-order valence-corrected chi connectivity index (χ3v) is 7.79. The molecule has 0 aliphatic heterocycles. The molecule has 0 fully saturated rings. The van der Waals surface area contributed by atoms with Crippen LogP contribution in [0.2, 0.25) is 0 Å². The molecule has 202 valence electrons. The van der Waals surface area contributed by atoms with Crippen LogP contribution in [0.4, 0.5) is 28.4 Å². The molecule has 5 rings (SSSR count). The maximum absolute atomic E-state index is 11.8. The van der Waals surface area contributed by atoms with Crippen LogP contribution in [0.1, 0.15) is 5.56 Å². The zero-order valence-electron chi connectivity index (χ0n) is 20.8. The second-order valence-corrected chi connectivity index (χ2v) is 11.7. The van der Waals surface area contributed by atoms with Gasteiger partial charge < -0.3 is 5.73 Å². The zero-order valence-corrected chi connectivity index (χ0v) is 22.4. The van der Waals surface area contributed by atoms with Crippen molar-refractivity contribution < 1.29 is 25.9 Å². The smallest absolute Gasteiger partial charge is 0.294 e. The number of benzene rings is 5. The van der Waals surface area contributed by atoms with E-state index in [-0.39, 0.29) is 9.79 Å². The predicted octanol–water partition coefficient (Wildman–Crippen LogP) is 7.21. The summed E-state index contributed by atoms with van der Waals surface area (Å²) in [5, 5.41) is 19.4. The molecule has 13 heteroatoms. The topological polar surface area (TPSA) is 184 Å². The van der Waals surface area contributed by atoms with Crippen LogP contribution in [-0.4, -0.2) is 25.9 Å². The van der Waals surface area contributed by atoms with Gasteiger partial charge in [-0.15, -0.1) is 10.2 Å². The number of fused-ring (bicyclic) bond motifs is 2. The summed E-state index contributed by atoms with van der Waals surface area (Å²) in [7, 11) is -8.81. The van der Waals surface area contributed by atoms with Crippen molar-refractivity contribution in [2.75, 3.05) is 5.73 Å². The van der Waals surface area contributed by atoms with Gasteiger partial charge in [-0.3, -0.25) is 9.11 Å². The van der Waals surface area contributed by atoms with E-state index in [1.165, 1.54) is 30.3 Å². The maximum Gasteiger partial charge on any atom is 0.294 e. The fourth-order valence-corrected chi connectivity index (χ4v) is 5.10. The van der Waals surface area contributed by atoms with Gasteiger partial charge in [-0.05, 0) is 90.0 Å². The molecule has 0 amide bonds. The Labute approximate surface area is 229 Å². The second kappa shape index (κ2) is 10.2. The van der Waals surface area contributed by atoms with E-state index in [9.17, 15) is 25.9 Å². The molecule has 0 heterocycles. The minimum atomic E-state index is -4.48. The summed E-state index contributed by atoms with van der Waals surface area (Å²) in [5.74, 6) is 0. The Morgan fingerprint density at radius 2 is 1.12 bits per heavy atom. The van der Waals surface area contributed by atoms with Crippen molar-refractivity contribution in [1.29, 1.82) is 0 Å². The average molecular weight is 576 g/mol. The molecule has 0 radical (unpaired) electrons. The van der Waals surface area contributed by atoms with E-state index in [0.29, 0.717) is 50.0 Å². The molecule has 0 spiro atoms. The van der Waals surface area contributed by atoms with E-state index >= 15 is 0 Å². The first-order valence-corrected chi connectivity index (χ1v) is 14.5. The highest BCUT2D eigenvalue weighted by atomic mass is 32.2. The van der Waals surface area contributed by atoms with Gasteiger partial charge in [0.15, 0.2) is 0 Å². The molecular formula is C27H21N5O6S2. The molecule has 11 nitrogen and oxygen atoms in total. The molecule has 0 saturated carbocycles. The summed E-state index contributed by atoms with van der Waals surface area (Å²) in [5.41, 5.74) is 8.99. The number of azo groups is 2. The zero-order chi connectivity index (χ0) is 28.7. The molecule has 40 heavy (non-hydrogen) atoms. The number of anilines is 1. The van der Waals surface area contributed by atoms with Crippen LogP contribution in [0.5, 0.6) is 0 Å². The summed E-state index contributed by atoms with van der Waals surface area (Å²) >= 11 is 0. The normalized spacial score (nSPS) is 12.7. The Morgan fingerprint density at radius 1 is 0.575 bits per heavy atom. The van der Waals surface area contributed by atoms with Crippen LogP contribution < -0.4 is 5.73 Å². The highest BCUT2D eigenvalue weighted by Crippen LogP contribution is 2.37. The van der Waals surface area contributed by atoms with Gasteiger partial charge in [-0.25, -0.2) is 0 Å². The summed E-state index contributed by atoms with van der Waals surface area (Å²) in [6.45, 7) is 1.84. The van der Waals surface area contributed by atoms with Gasteiger partial charge >= 0.3 is 0 Å². The van der Waals surface area contributed by atoms with Gasteiger partial charge in [-0.1, -0.05) is 18.2 Å². The number of nitrogen functional groups attached to an aromatic ring is 1. The Morgan fingerprint density at radius 3 is 1.82 bits per heavy atom. The molecule has 5 aromatic rings. The number of hydrogen-bond acceptors (Lipinski definition) is 9. The summed E-state index contributed by atoms with van der Waals surface area (Å²) < 4.78 is 65.3. The summed E-state index contributed by atoms with van der Waals surface area (Å²) in [6, 6.07) is 21.6. The molecule has 5 aromatic carbocycles. The number of aryl methyl sites for hydroxylation is 1. The number of hydrogen-bond donors (Lipinski definition) is 3. The van der Waals surface area contributed by atoms with Crippen LogP contribution in [-0.2, 0) is 20.2 Å². The van der Waals surface area contributed by atoms with E-state index in [4.69, 9.17) is 5.73 Å². The molecule has 0 unspecified atom stereocenters. The quantitative estimate of drug-likeness (QED) is 0.108. The van der Waals surface area contributed by atoms with Gasteiger partial charge in [0, 0.05) is 16.5 Å². The van der Waals surface area contributed by atoms with E-state index in [1.807, 2.05) is 6.92 Å². The average Bonchev–Trinajstić information content (AvgIpc) is 2.90. The summed E-state index contributed by atoms with van der Waals surface area (Å²) in [4.78, 5) is -0.526. The fourth-order valence-electron chi connectivity index (χ4n) is 4.07. The third kappa shape index (κ3) is 5.72. The number of nitrogens with two attached hydrogens (primary N) is 1. The lowest BCUT2D eigenvalue weighted by atomic mass is 10.1. The van der Waals surface area contributed by atoms with Crippen molar-refractivity contribution in [3.63, 3.8) is 0 Å². The Balaban J connectivity index is 1.56. The molecular weight excluding hydrogens is 554 g/mol. The minimum absolute atomic E-state index is 0.214. The van der Waals surface area contributed by atoms with Crippen LogP contribution in [0.3, 0.4) is 0 Å². The predicted molar refractivity (Wildman–Crippen MR) is 151 cm³/mol. The largest absolute Gasteiger partial charge is 0.399 e. The maximum atomic E-state index is 11.8. The molecule has 4 N–H and O–H groups in total. The highest BCUT2D eigenvalue weighted by Gasteiger charge is 2.14. The molecule has 0 aliphatic carbocycles. The van der Waals surface area contributed by atoms with Crippen molar-refractivity contribution in [3.05, 3.63) is 90.5 Å². The van der Waals surface area contributed by atoms with Gasteiger partial charge in [0.1, 0.15) is 0 Å². The number of rotatable bonds is 6. The molecule has 0 aliphatic rings. The lowest BCUT2D eigenvalue weighted by Crippen LogP contribution is -1.97. The monoisotopic (exact) mass is 575 g/mol. The van der Waals surface area contributed by atoms with Crippen molar-refractivity contribution in [2.45, 2.75) is 16.7 Å².